The maximum absolute atomic E-state index is 9.00. The molecule has 0 aliphatic heterocycles. The summed E-state index contributed by atoms with van der Waals surface area (Å²) in [5.74, 6) is 0.617. The number of hydrogen-bond acceptors (Lipinski definition) is 4. The fraction of sp³-hybridized carbons (Fsp3) is 0.300. The number of rotatable bonds is 2. The molecule has 0 amide bonds. The Balaban J connectivity index is 2.60. The smallest absolute Gasteiger partial charge is 0.192 e. The lowest BCUT2D eigenvalue weighted by atomic mass is 10.1. The zero-order valence-electron chi connectivity index (χ0n) is 8.20. The van der Waals surface area contributed by atoms with Gasteiger partial charge in [-0.15, -0.1) is 0 Å². The molecule has 1 aromatic carbocycles. The number of nitrogens with two attached hydrogens (primary N) is 1. The average Bonchev–Trinajstić information content (AvgIpc) is 2.55. The second kappa shape index (κ2) is 3.92. The Morgan fingerprint density at radius 2 is 2.33 bits per heavy atom. The van der Waals surface area contributed by atoms with Gasteiger partial charge in [-0.3, -0.25) is 0 Å². The lowest BCUT2D eigenvalue weighted by Crippen LogP contribution is -2.14. The summed E-state index contributed by atoms with van der Waals surface area (Å²) in [6.45, 7) is 1.69. The van der Waals surface area contributed by atoms with Crippen molar-refractivity contribution in [3.05, 3.63) is 28.1 Å². The standard InChI is InChI=1S/C10H11BrN2O2/c1-5-13-9-3-7(11)6(8(12)4-14)2-10(9)15-5/h2-3,8,14H,4,12H2,1H3. The quantitative estimate of drug-likeness (QED) is 0.874. The van der Waals surface area contributed by atoms with Gasteiger partial charge < -0.3 is 15.3 Å². The molecule has 1 atom stereocenters. The maximum atomic E-state index is 9.00. The molecule has 0 bridgehead atoms. The third-order valence-electron chi connectivity index (χ3n) is 2.21. The summed E-state index contributed by atoms with van der Waals surface area (Å²) in [5.41, 5.74) is 8.05. The highest BCUT2D eigenvalue weighted by molar-refractivity contribution is 9.10. The van der Waals surface area contributed by atoms with Crippen LogP contribution in [0.1, 0.15) is 17.5 Å². The highest BCUT2D eigenvalue weighted by Gasteiger charge is 2.12. The Kier molecular flexibility index (Phi) is 2.77. The highest BCUT2D eigenvalue weighted by atomic mass is 79.9. The van der Waals surface area contributed by atoms with Crippen LogP contribution in [0.5, 0.6) is 0 Å². The van der Waals surface area contributed by atoms with E-state index in [2.05, 4.69) is 20.9 Å². The van der Waals surface area contributed by atoms with Gasteiger partial charge in [0, 0.05) is 11.4 Å². The van der Waals surface area contributed by atoms with E-state index in [4.69, 9.17) is 15.3 Å². The molecule has 0 saturated carbocycles. The molecule has 5 heteroatoms. The number of aliphatic hydroxyl groups excluding tert-OH is 1. The molecule has 0 aliphatic carbocycles. The van der Waals surface area contributed by atoms with Crippen LogP contribution in [0.15, 0.2) is 21.0 Å². The Morgan fingerprint density at radius 3 is 3.00 bits per heavy atom. The van der Waals surface area contributed by atoms with E-state index in [1.54, 1.807) is 13.0 Å². The fourth-order valence-corrected chi connectivity index (χ4v) is 2.09. The number of hydrogen-bond donors (Lipinski definition) is 2. The van der Waals surface area contributed by atoms with Gasteiger partial charge in [0.05, 0.1) is 12.6 Å². The molecule has 0 saturated heterocycles. The first-order valence-electron chi connectivity index (χ1n) is 4.55. The molecule has 0 radical (unpaired) electrons. The van der Waals surface area contributed by atoms with Crippen molar-refractivity contribution in [2.45, 2.75) is 13.0 Å². The minimum atomic E-state index is -0.408. The van der Waals surface area contributed by atoms with Gasteiger partial charge >= 0.3 is 0 Å². The predicted octanol–water partition coefficient (Wildman–Crippen LogP) is 1.89. The number of nitrogens with zero attached hydrogens (tertiary/aromatic N) is 1. The lowest BCUT2D eigenvalue weighted by Gasteiger charge is -2.09. The Hall–Kier alpha value is -0.910. The van der Waals surface area contributed by atoms with Gasteiger partial charge in [0.25, 0.3) is 0 Å². The average molecular weight is 271 g/mol. The van der Waals surface area contributed by atoms with Gasteiger partial charge in [0.2, 0.25) is 0 Å². The Morgan fingerprint density at radius 1 is 1.60 bits per heavy atom. The number of aryl methyl sites for hydroxylation is 1. The summed E-state index contributed by atoms with van der Waals surface area (Å²) in [6.07, 6.45) is 0. The van der Waals surface area contributed by atoms with E-state index in [-0.39, 0.29) is 6.61 Å². The van der Waals surface area contributed by atoms with Gasteiger partial charge in [0.1, 0.15) is 5.52 Å². The van der Waals surface area contributed by atoms with Crippen LogP contribution in [-0.2, 0) is 0 Å². The molecular weight excluding hydrogens is 260 g/mol. The molecular formula is C10H11BrN2O2. The monoisotopic (exact) mass is 270 g/mol. The molecule has 4 nitrogen and oxygen atoms in total. The van der Waals surface area contributed by atoms with Crippen molar-refractivity contribution in [3.8, 4) is 0 Å². The minimum Gasteiger partial charge on any atom is -0.441 e. The molecule has 0 aliphatic rings. The van der Waals surface area contributed by atoms with Crippen LogP contribution in [0.3, 0.4) is 0 Å². The summed E-state index contributed by atoms with van der Waals surface area (Å²) >= 11 is 3.40. The van der Waals surface area contributed by atoms with E-state index in [1.807, 2.05) is 6.07 Å². The number of halogens is 1. The molecule has 0 spiro atoms. The van der Waals surface area contributed by atoms with Crippen LogP contribution < -0.4 is 5.73 Å². The van der Waals surface area contributed by atoms with E-state index in [0.717, 1.165) is 15.6 Å². The first-order valence-corrected chi connectivity index (χ1v) is 5.34. The normalized spacial score (nSPS) is 13.3. The van der Waals surface area contributed by atoms with E-state index in [1.165, 1.54) is 0 Å². The first kappa shape index (κ1) is 10.6. The zero-order valence-corrected chi connectivity index (χ0v) is 9.78. The van der Waals surface area contributed by atoms with Crippen LogP contribution in [-0.4, -0.2) is 16.7 Å². The molecule has 2 aromatic rings. The molecule has 3 N–H and O–H groups in total. The SMILES string of the molecule is Cc1nc2cc(Br)c(C(N)CO)cc2o1. The van der Waals surface area contributed by atoms with Crippen LogP contribution in [0.2, 0.25) is 0 Å². The summed E-state index contributed by atoms with van der Waals surface area (Å²) in [4.78, 5) is 4.20. The third kappa shape index (κ3) is 1.90. The van der Waals surface area contributed by atoms with Crippen molar-refractivity contribution in [1.82, 2.24) is 4.98 Å². The molecule has 1 unspecified atom stereocenters. The van der Waals surface area contributed by atoms with Crippen molar-refractivity contribution in [2.75, 3.05) is 6.61 Å². The maximum Gasteiger partial charge on any atom is 0.192 e. The van der Waals surface area contributed by atoms with Crippen molar-refractivity contribution >= 4 is 27.0 Å². The number of benzene rings is 1. The van der Waals surface area contributed by atoms with E-state index in [0.29, 0.717) is 11.5 Å². The van der Waals surface area contributed by atoms with Gasteiger partial charge in [-0.2, -0.15) is 0 Å². The van der Waals surface area contributed by atoms with Crippen LogP contribution in [0.4, 0.5) is 0 Å². The Bertz CT molecular complexity index is 495. The van der Waals surface area contributed by atoms with E-state index < -0.39 is 6.04 Å². The topological polar surface area (TPSA) is 72.3 Å². The minimum absolute atomic E-state index is 0.1000. The highest BCUT2D eigenvalue weighted by Crippen LogP contribution is 2.28. The third-order valence-corrected chi connectivity index (χ3v) is 2.90. The fourth-order valence-electron chi connectivity index (χ4n) is 1.46. The molecule has 1 heterocycles. The molecule has 2 rings (SSSR count). The van der Waals surface area contributed by atoms with Crippen molar-refractivity contribution < 1.29 is 9.52 Å². The second-order valence-corrected chi connectivity index (χ2v) is 4.22. The zero-order chi connectivity index (χ0) is 11.0. The van der Waals surface area contributed by atoms with Crippen LogP contribution in [0.25, 0.3) is 11.1 Å². The van der Waals surface area contributed by atoms with Crippen LogP contribution >= 0.6 is 15.9 Å². The number of aromatic nitrogens is 1. The molecule has 1 aromatic heterocycles. The van der Waals surface area contributed by atoms with Gasteiger partial charge in [-0.1, -0.05) is 15.9 Å². The van der Waals surface area contributed by atoms with Crippen molar-refractivity contribution in [3.63, 3.8) is 0 Å². The van der Waals surface area contributed by atoms with Crippen LogP contribution in [0, 0.1) is 6.92 Å². The first-order chi connectivity index (χ1) is 7.11. The van der Waals surface area contributed by atoms with Gasteiger partial charge in [-0.25, -0.2) is 4.98 Å². The number of aliphatic hydroxyl groups is 1. The summed E-state index contributed by atoms with van der Waals surface area (Å²) < 4.78 is 6.23. The molecule has 0 fully saturated rings. The molecule has 80 valence electrons. The van der Waals surface area contributed by atoms with Gasteiger partial charge in [-0.05, 0) is 17.7 Å². The molecule has 15 heavy (non-hydrogen) atoms. The largest absolute Gasteiger partial charge is 0.441 e. The summed E-state index contributed by atoms with van der Waals surface area (Å²) in [5, 5.41) is 9.00. The van der Waals surface area contributed by atoms with Gasteiger partial charge in [0.15, 0.2) is 11.5 Å². The Labute approximate surface area is 95.2 Å². The predicted molar refractivity (Wildman–Crippen MR) is 60.5 cm³/mol. The van der Waals surface area contributed by atoms with Crippen molar-refractivity contribution in [1.29, 1.82) is 0 Å². The van der Waals surface area contributed by atoms with Crippen molar-refractivity contribution in [2.24, 2.45) is 5.73 Å². The van der Waals surface area contributed by atoms with E-state index in [9.17, 15) is 0 Å². The summed E-state index contributed by atoms with van der Waals surface area (Å²) in [6, 6.07) is 3.24. The lowest BCUT2D eigenvalue weighted by molar-refractivity contribution is 0.267. The number of oxazole rings is 1. The second-order valence-electron chi connectivity index (χ2n) is 3.36. The number of fused-ring (bicyclic) bond motifs is 1. The summed E-state index contributed by atoms with van der Waals surface area (Å²) in [7, 11) is 0. The van der Waals surface area contributed by atoms with E-state index >= 15 is 0 Å².